The van der Waals surface area contributed by atoms with Crippen molar-refractivity contribution in [3.05, 3.63) is 122 Å². The average Bonchev–Trinajstić information content (AvgIpc) is 3.23. The Morgan fingerprint density at radius 3 is 1.50 bits per heavy atom. The molecule has 0 radical (unpaired) electrons. The second-order valence-electron chi connectivity index (χ2n) is 16.7. The summed E-state index contributed by atoms with van der Waals surface area (Å²) in [6, 6.07) is -0.918. The SMILES string of the molecule is CC/C=C\C/C=C\C/C=C\C/C=C\C/C=C\C/C=C\C/C=C\C/C=C\CCCCCCCCC(=O)NC(COP(=O)([O-])OCC[N+](C)(C)C)C(O)/C=C/CC/C=C/CCCCC. The third-order valence-electron chi connectivity index (χ3n) is 9.66. The van der Waals surface area contributed by atoms with Crippen molar-refractivity contribution in [1.82, 2.24) is 5.32 Å². The number of hydrogen-bond acceptors (Lipinski definition) is 6. The van der Waals surface area contributed by atoms with Crippen LogP contribution in [-0.2, 0) is 18.4 Å². The summed E-state index contributed by atoms with van der Waals surface area (Å²) in [4.78, 5) is 25.3. The first-order valence-electron chi connectivity index (χ1n) is 23.9. The molecule has 0 rings (SSSR count). The number of carbonyl (C=O) groups excluding carboxylic acids is 1. The van der Waals surface area contributed by atoms with Crippen molar-refractivity contribution in [3.8, 4) is 0 Å². The number of phosphoric acid groups is 1. The Hall–Kier alpha value is -3.10. The third-order valence-corrected chi connectivity index (χ3v) is 10.6. The number of quaternary nitrogens is 1. The Morgan fingerprint density at radius 1 is 0.581 bits per heavy atom. The molecule has 9 heteroatoms. The van der Waals surface area contributed by atoms with Gasteiger partial charge in [-0.15, -0.1) is 0 Å². The van der Waals surface area contributed by atoms with Crippen LogP contribution in [0.5, 0.6) is 0 Å². The number of hydrogen-bond donors (Lipinski definition) is 2. The van der Waals surface area contributed by atoms with E-state index in [0.29, 0.717) is 17.4 Å². The van der Waals surface area contributed by atoms with Crippen LogP contribution in [0, 0.1) is 0 Å². The number of carbonyl (C=O) groups is 1. The standard InChI is InChI=1S/C53H89N2O6P/c1-6-8-10-12-14-16-17-18-19-20-21-22-23-24-25-26-27-28-29-30-31-32-33-34-35-36-37-39-41-43-45-47-53(57)54-51(50-61-62(58,59)60-49-48-55(3,4)5)52(56)46-44-42-40-38-15-13-11-9-7-2/h8,10,14-16,18-19,21-22,24-25,27-28,30-31,33-34,38,44,46,51-52,56H,6-7,9,11-13,17,20,23,26,29,32,35-37,39-43,45,47-50H2,1-5H3,(H-,54,57,58,59)/b10-8-,16-14-,19-18-,22-21-,25-24-,28-27-,31-30-,34-33-,38-15+,46-44+. The monoisotopic (exact) mass is 881 g/mol. The van der Waals surface area contributed by atoms with Gasteiger partial charge < -0.3 is 28.8 Å². The molecule has 0 aliphatic heterocycles. The van der Waals surface area contributed by atoms with Crippen molar-refractivity contribution in [2.45, 2.75) is 167 Å². The summed E-state index contributed by atoms with van der Waals surface area (Å²) in [6.07, 6.45) is 64.1. The second-order valence-corrected chi connectivity index (χ2v) is 18.1. The van der Waals surface area contributed by atoms with Crippen molar-refractivity contribution in [3.63, 3.8) is 0 Å². The number of nitrogens with one attached hydrogen (secondary N) is 1. The number of unbranched alkanes of at least 4 members (excludes halogenated alkanes) is 10. The minimum absolute atomic E-state index is 0.0170. The normalized spacial score (nSPS) is 15.3. The zero-order chi connectivity index (χ0) is 45.7. The van der Waals surface area contributed by atoms with Crippen LogP contribution in [0.2, 0.25) is 0 Å². The summed E-state index contributed by atoms with van der Waals surface area (Å²) in [5.41, 5.74) is 0. The Balaban J connectivity index is 4.24. The predicted molar refractivity (Wildman–Crippen MR) is 265 cm³/mol. The first-order valence-corrected chi connectivity index (χ1v) is 25.4. The zero-order valence-corrected chi connectivity index (χ0v) is 40.7. The molecule has 0 aliphatic carbocycles. The molecule has 2 N–H and O–H groups in total. The van der Waals surface area contributed by atoms with Crippen LogP contribution in [-0.4, -0.2) is 68.5 Å². The van der Waals surface area contributed by atoms with Gasteiger partial charge in [-0.25, -0.2) is 0 Å². The van der Waals surface area contributed by atoms with Crippen LogP contribution in [0.1, 0.15) is 155 Å². The number of rotatable bonds is 41. The molecule has 0 heterocycles. The van der Waals surface area contributed by atoms with E-state index >= 15 is 0 Å². The molecule has 62 heavy (non-hydrogen) atoms. The molecule has 352 valence electrons. The van der Waals surface area contributed by atoms with E-state index in [0.717, 1.165) is 116 Å². The zero-order valence-electron chi connectivity index (χ0n) is 39.8. The number of aliphatic hydroxyl groups excluding tert-OH is 1. The number of likely N-dealkylation sites (N-methyl/N-ethyl adjacent to an activating group) is 1. The number of nitrogens with zero attached hydrogens (tertiary/aromatic N) is 1. The van der Waals surface area contributed by atoms with E-state index in [1.807, 2.05) is 27.2 Å². The average molecular weight is 881 g/mol. The van der Waals surface area contributed by atoms with E-state index in [9.17, 15) is 19.4 Å². The molecule has 0 saturated carbocycles. The number of amides is 1. The lowest BCUT2D eigenvalue weighted by Crippen LogP contribution is -2.45. The van der Waals surface area contributed by atoms with Crippen LogP contribution < -0.4 is 10.2 Å². The van der Waals surface area contributed by atoms with E-state index < -0.39 is 26.6 Å². The van der Waals surface area contributed by atoms with Crippen molar-refractivity contribution in [1.29, 1.82) is 0 Å². The first kappa shape index (κ1) is 58.9. The van der Waals surface area contributed by atoms with E-state index in [2.05, 4.69) is 129 Å². The molecule has 0 aromatic carbocycles. The minimum atomic E-state index is -4.60. The molecule has 0 bridgehead atoms. The van der Waals surface area contributed by atoms with Gasteiger partial charge in [0.2, 0.25) is 5.91 Å². The lowest BCUT2D eigenvalue weighted by Gasteiger charge is -2.29. The molecule has 3 atom stereocenters. The van der Waals surface area contributed by atoms with Gasteiger partial charge in [0.15, 0.2) is 0 Å². The maximum absolute atomic E-state index is 12.8. The topological polar surface area (TPSA) is 108 Å². The highest BCUT2D eigenvalue weighted by atomic mass is 31.2. The Kier molecular flexibility index (Phi) is 41.0. The fraction of sp³-hybridized carbons (Fsp3) is 0.604. The second kappa shape index (κ2) is 43.2. The highest BCUT2D eigenvalue weighted by Gasteiger charge is 2.23. The number of allylic oxidation sites excluding steroid dienone is 19. The summed E-state index contributed by atoms with van der Waals surface area (Å²) in [5, 5.41) is 13.7. The third kappa shape index (κ3) is 44.9. The van der Waals surface area contributed by atoms with Crippen molar-refractivity contribution in [2.24, 2.45) is 0 Å². The van der Waals surface area contributed by atoms with Gasteiger partial charge in [0.25, 0.3) is 7.82 Å². The largest absolute Gasteiger partial charge is 0.756 e. The van der Waals surface area contributed by atoms with E-state index in [1.54, 1.807) is 6.08 Å². The highest BCUT2D eigenvalue weighted by Crippen LogP contribution is 2.38. The number of phosphoric ester groups is 1. The molecule has 0 fully saturated rings. The van der Waals surface area contributed by atoms with Crippen molar-refractivity contribution in [2.75, 3.05) is 40.9 Å². The van der Waals surface area contributed by atoms with E-state index in [-0.39, 0.29) is 12.5 Å². The van der Waals surface area contributed by atoms with Crippen LogP contribution in [0.25, 0.3) is 0 Å². The molecule has 0 spiro atoms. The summed E-state index contributed by atoms with van der Waals surface area (Å²) >= 11 is 0. The quantitative estimate of drug-likeness (QED) is 0.0274. The van der Waals surface area contributed by atoms with Gasteiger partial charge in [-0.2, -0.15) is 0 Å². The van der Waals surface area contributed by atoms with Gasteiger partial charge in [0.05, 0.1) is 39.9 Å². The van der Waals surface area contributed by atoms with Crippen LogP contribution in [0.3, 0.4) is 0 Å². The molecule has 0 saturated heterocycles. The summed E-state index contributed by atoms with van der Waals surface area (Å²) in [7, 11) is 1.21. The van der Waals surface area contributed by atoms with Crippen molar-refractivity contribution < 1.29 is 32.9 Å². The number of aliphatic hydroxyl groups is 1. The Bertz CT molecular complexity index is 1410. The van der Waals surface area contributed by atoms with Crippen LogP contribution in [0.15, 0.2) is 122 Å². The molecule has 0 aromatic rings. The maximum atomic E-state index is 12.8. The minimum Gasteiger partial charge on any atom is -0.756 e. The van der Waals surface area contributed by atoms with Crippen molar-refractivity contribution >= 4 is 13.7 Å². The first-order chi connectivity index (χ1) is 30.0. The van der Waals surface area contributed by atoms with Gasteiger partial charge >= 0.3 is 0 Å². The molecule has 0 aromatic heterocycles. The summed E-state index contributed by atoms with van der Waals surface area (Å²) in [5.74, 6) is -0.232. The highest BCUT2D eigenvalue weighted by molar-refractivity contribution is 7.45. The molecular formula is C53H89N2O6P. The molecular weight excluding hydrogens is 792 g/mol. The van der Waals surface area contributed by atoms with Gasteiger partial charge in [-0.3, -0.25) is 9.36 Å². The molecule has 8 nitrogen and oxygen atoms in total. The molecule has 1 amide bonds. The van der Waals surface area contributed by atoms with Crippen LogP contribution >= 0.6 is 7.82 Å². The predicted octanol–water partition coefficient (Wildman–Crippen LogP) is 13.2. The summed E-state index contributed by atoms with van der Waals surface area (Å²) < 4.78 is 23.1. The Morgan fingerprint density at radius 2 is 1.00 bits per heavy atom. The fourth-order valence-electron chi connectivity index (χ4n) is 5.89. The van der Waals surface area contributed by atoms with E-state index in [1.165, 1.54) is 19.3 Å². The lowest BCUT2D eigenvalue weighted by molar-refractivity contribution is -0.870. The van der Waals surface area contributed by atoms with Gasteiger partial charge in [-0.05, 0) is 96.3 Å². The molecule has 3 unspecified atom stereocenters. The van der Waals surface area contributed by atoms with Gasteiger partial charge in [-0.1, -0.05) is 174 Å². The Labute approximate surface area is 380 Å². The van der Waals surface area contributed by atoms with E-state index in [4.69, 9.17) is 9.05 Å². The molecule has 0 aliphatic rings. The maximum Gasteiger partial charge on any atom is 0.268 e. The fourth-order valence-corrected chi connectivity index (χ4v) is 6.61. The lowest BCUT2D eigenvalue weighted by atomic mass is 10.1. The smallest absolute Gasteiger partial charge is 0.268 e. The van der Waals surface area contributed by atoms with Gasteiger partial charge in [0.1, 0.15) is 13.2 Å². The summed E-state index contributed by atoms with van der Waals surface area (Å²) in [6.45, 7) is 4.40. The van der Waals surface area contributed by atoms with Crippen LogP contribution in [0.4, 0.5) is 0 Å². The van der Waals surface area contributed by atoms with Gasteiger partial charge in [0, 0.05) is 6.42 Å².